The molecule has 0 atom stereocenters. The van der Waals surface area contributed by atoms with Gasteiger partial charge in [0.2, 0.25) is 0 Å². The number of benzene rings is 4. The van der Waals surface area contributed by atoms with Crippen molar-refractivity contribution in [3.05, 3.63) is 112 Å². The SMILES string of the molecule is CC1CCN(c2cc(F)cc(C(=O)Nc3ccc(OCc4[nH][nH]c(=O)c4-c4ccccc4)c4ccccc34)c2)CC1. The second-order valence-corrected chi connectivity index (χ2v) is 10.6. The summed E-state index contributed by atoms with van der Waals surface area (Å²) in [6.45, 7) is 4.06. The molecule has 1 aromatic heterocycles. The molecule has 0 aliphatic carbocycles. The van der Waals surface area contributed by atoms with E-state index in [9.17, 15) is 14.0 Å². The van der Waals surface area contributed by atoms with Gasteiger partial charge >= 0.3 is 0 Å². The summed E-state index contributed by atoms with van der Waals surface area (Å²) in [7, 11) is 0. The number of hydrogen-bond acceptors (Lipinski definition) is 4. The number of piperidine rings is 1. The number of anilines is 2. The minimum Gasteiger partial charge on any atom is -0.487 e. The van der Waals surface area contributed by atoms with Gasteiger partial charge in [0.25, 0.3) is 11.5 Å². The molecule has 1 aliphatic heterocycles. The zero-order valence-corrected chi connectivity index (χ0v) is 22.7. The molecular formula is C33H31FN4O3. The van der Waals surface area contributed by atoms with Crippen LogP contribution in [0.1, 0.15) is 35.8 Å². The van der Waals surface area contributed by atoms with Crippen LogP contribution in [0.4, 0.5) is 15.8 Å². The minimum absolute atomic E-state index is 0.139. The highest BCUT2D eigenvalue weighted by atomic mass is 19.1. The topological polar surface area (TPSA) is 90.2 Å². The number of rotatable bonds is 7. The number of carbonyl (C=O) groups is 1. The molecule has 1 amide bonds. The maximum absolute atomic E-state index is 14.6. The van der Waals surface area contributed by atoms with E-state index in [1.807, 2.05) is 54.6 Å². The second kappa shape index (κ2) is 11.3. The van der Waals surface area contributed by atoms with Crippen LogP contribution in [0, 0.1) is 11.7 Å². The number of H-pyrrole nitrogens is 2. The average molecular weight is 551 g/mol. The third-order valence-electron chi connectivity index (χ3n) is 7.72. The molecule has 1 fully saturated rings. The number of hydrogen-bond donors (Lipinski definition) is 3. The number of aromatic amines is 2. The summed E-state index contributed by atoms with van der Waals surface area (Å²) in [5, 5.41) is 10.1. The monoisotopic (exact) mass is 550 g/mol. The average Bonchev–Trinajstić information content (AvgIpc) is 3.37. The number of carbonyl (C=O) groups excluding carboxylic acids is 1. The van der Waals surface area contributed by atoms with E-state index in [2.05, 4.69) is 27.3 Å². The van der Waals surface area contributed by atoms with Gasteiger partial charge in [-0.3, -0.25) is 19.8 Å². The first-order valence-corrected chi connectivity index (χ1v) is 13.8. The zero-order valence-electron chi connectivity index (χ0n) is 22.7. The largest absolute Gasteiger partial charge is 0.487 e. The Balaban J connectivity index is 1.23. The number of nitrogens with one attached hydrogen (secondary N) is 3. The molecule has 7 nitrogen and oxygen atoms in total. The molecule has 0 radical (unpaired) electrons. The molecule has 0 saturated carbocycles. The molecule has 1 aliphatic rings. The van der Waals surface area contributed by atoms with Crippen LogP contribution in [0.5, 0.6) is 5.75 Å². The van der Waals surface area contributed by atoms with Gasteiger partial charge in [0.05, 0.1) is 11.3 Å². The molecule has 0 unspecified atom stereocenters. The van der Waals surface area contributed by atoms with Gasteiger partial charge in [-0.1, -0.05) is 61.5 Å². The maximum atomic E-state index is 14.6. The van der Waals surface area contributed by atoms with E-state index < -0.39 is 5.82 Å². The summed E-state index contributed by atoms with van der Waals surface area (Å²) in [6, 6.07) is 25.1. The van der Waals surface area contributed by atoms with Gasteiger partial charge in [-0.25, -0.2) is 4.39 Å². The Morgan fingerprint density at radius 2 is 1.68 bits per heavy atom. The van der Waals surface area contributed by atoms with Crippen LogP contribution in [0.2, 0.25) is 0 Å². The summed E-state index contributed by atoms with van der Waals surface area (Å²) in [5.41, 5.74) is 3.34. The number of aromatic nitrogens is 2. The predicted molar refractivity (Wildman–Crippen MR) is 160 cm³/mol. The lowest BCUT2D eigenvalue weighted by molar-refractivity contribution is 0.102. The van der Waals surface area contributed by atoms with E-state index in [0.717, 1.165) is 48.0 Å². The van der Waals surface area contributed by atoms with Gasteiger partial charge in [-0.05, 0) is 54.7 Å². The van der Waals surface area contributed by atoms with Gasteiger partial charge in [-0.2, -0.15) is 0 Å². The van der Waals surface area contributed by atoms with E-state index in [-0.39, 0.29) is 23.6 Å². The van der Waals surface area contributed by atoms with Crippen LogP contribution in [0.25, 0.3) is 21.9 Å². The molecule has 0 spiro atoms. The highest BCUT2D eigenvalue weighted by Gasteiger charge is 2.19. The van der Waals surface area contributed by atoms with Gasteiger partial charge < -0.3 is 15.0 Å². The van der Waals surface area contributed by atoms with Crippen LogP contribution in [0.15, 0.2) is 89.7 Å². The van der Waals surface area contributed by atoms with Crippen LogP contribution in [0.3, 0.4) is 0 Å². The number of halogens is 1. The van der Waals surface area contributed by atoms with E-state index in [1.165, 1.54) is 12.1 Å². The quantitative estimate of drug-likeness (QED) is 0.210. The van der Waals surface area contributed by atoms with E-state index in [4.69, 9.17) is 4.74 Å². The minimum atomic E-state index is -0.433. The predicted octanol–water partition coefficient (Wildman–Crippen LogP) is 6.73. The molecule has 6 rings (SSSR count). The highest BCUT2D eigenvalue weighted by Crippen LogP contribution is 2.33. The third-order valence-corrected chi connectivity index (χ3v) is 7.72. The summed E-state index contributed by atoms with van der Waals surface area (Å²) in [5.74, 6) is 0.441. The Morgan fingerprint density at radius 3 is 2.46 bits per heavy atom. The van der Waals surface area contributed by atoms with Crippen molar-refractivity contribution in [2.75, 3.05) is 23.3 Å². The molecular weight excluding hydrogens is 519 g/mol. The molecule has 3 N–H and O–H groups in total. The molecule has 4 aromatic carbocycles. The molecule has 5 aromatic rings. The first-order chi connectivity index (χ1) is 20.0. The number of fused-ring (bicyclic) bond motifs is 1. The lowest BCUT2D eigenvalue weighted by atomic mass is 9.98. The zero-order chi connectivity index (χ0) is 28.3. The van der Waals surface area contributed by atoms with E-state index in [1.54, 1.807) is 18.2 Å². The fourth-order valence-electron chi connectivity index (χ4n) is 5.42. The van der Waals surface area contributed by atoms with E-state index in [0.29, 0.717) is 28.6 Å². The van der Waals surface area contributed by atoms with Crippen molar-refractivity contribution in [3.63, 3.8) is 0 Å². The van der Waals surface area contributed by atoms with Crippen molar-refractivity contribution in [1.82, 2.24) is 10.2 Å². The van der Waals surface area contributed by atoms with Gasteiger partial charge in [0, 0.05) is 40.8 Å². The Labute approximate surface area is 237 Å². The van der Waals surface area contributed by atoms with Crippen molar-refractivity contribution >= 4 is 28.1 Å². The standard InChI is InChI=1S/C33H31FN4O3/c1-21-13-15-38(16-14-21)25-18-23(17-24(34)19-25)32(39)35-28-11-12-30(27-10-6-5-9-26(27)28)41-20-29-31(33(40)37-36-29)22-7-3-2-4-8-22/h2-12,17-19,21H,13-16,20H2,1H3,(H,35,39)(H2,36,37,40). The number of amides is 1. The summed E-state index contributed by atoms with van der Waals surface area (Å²) >= 11 is 0. The Hall–Kier alpha value is -4.85. The van der Waals surface area contributed by atoms with Crippen LogP contribution < -0.4 is 20.5 Å². The van der Waals surface area contributed by atoms with Crippen LogP contribution in [-0.4, -0.2) is 29.2 Å². The van der Waals surface area contributed by atoms with Gasteiger partial charge in [0.15, 0.2) is 0 Å². The van der Waals surface area contributed by atoms with Crippen molar-refractivity contribution < 1.29 is 13.9 Å². The second-order valence-electron chi connectivity index (χ2n) is 10.6. The molecule has 1 saturated heterocycles. The Morgan fingerprint density at radius 1 is 0.951 bits per heavy atom. The van der Waals surface area contributed by atoms with Crippen molar-refractivity contribution in [2.45, 2.75) is 26.4 Å². The Bertz CT molecular complexity index is 1750. The van der Waals surface area contributed by atoms with Crippen LogP contribution in [-0.2, 0) is 6.61 Å². The molecule has 0 bridgehead atoms. The summed E-state index contributed by atoms with van der Waals surface area (Å²) < 4.78 is 20.8. The molecule has 8 heteroatoms. The molecule has 41 heavy (non-hydrogen) atoms. The lowest BCUT2D eigenvalue weighted by Gasteiger charge is -2.32. The van der Waals surface area contributed by atoms with Crippen LogP contribution >= 0.6 is 0 Å². The number of nitrogens with zero attached hydrogens (tertiary/aromatic N) is 1. The highest BCUT2D eigenvalue weighted by molar-refractivity contribution is 6.10. The maximum Gasteiger partial charge on any atom is 0.272 e. The Kier molecular flexibility index (Phi) is 7.29. The molecule has 2 heterocycles. The van der Waals surface area contributed by atoms with Gasteiger partial charge in [-0.15, -0.1) is 0 Å². The van der Waals surface area contributed by atoms with Gasteiger partial charge in [0.1, 0.15) is 18.2 Å². The smallest absolute Gasteiger partial charge is 0.272 e. The lowest BCUT2D eigenvalue weighted by Crippen LogP contribution is -2.33. The van der Waals surface area contributed by atoms with Crippen molar-refractivity contribution in [3.8, 4) is 16.9 Å². The fraction of sp³-hybridized carbons (Fsp3) is 0.212. The first-order valence-electron chi connectivity index (χ1n) is 13.8. The summed E-state index contributed by atoms with van der Waals surface area (Å²) in [6.07, 6.45) is 2.10. The van der Waals surface area contributed by atoms with E-state index >= 15 is 0 Å². The van der Waals surface area contributed by atoms with Crippen molar-refractivity contribution in [1.29, 1.82) is 0 Å². The summed E-state index contributed by atoms with van der Waals surface area (Å²) in [4.78, 5) is 27.9. The van der Waals surface area contributed by atoms with Crippen molar-refractivity contribution in [2.24, 2.45) is 5.92 Å². The first kappa shape index (κ1) is 26.4. The number of ether oxygens (including phenoxy) is 1. The fourth-order valence-corrected chi connectivity index (χ4v) is 5.42. The normalized spacial score (nSPS) is 13.9. The third kappa shape index (κ3) is 5.59. The molecule has 208 valence electrons.